The van der Waals surface area contributed by atoms with Crippen molar-refractivity contribution in [1.82, 2.24) is 0 Å². The van der Waals surface area contributed by atoms with E-state index in [0.29, 0.717) is 17.7 Å². The number of hydrogen-bond acceptors (Lipinski definition) is 4. The summed E-state index contributed by atoms with van der Waals surface area (Å²) in [6.45, 7) is 1.44. The molecule has 0 saturated carbocycles. The molecule has 0 radical (unpaired) electrons. The van der Waals surface area contributed by atoms with Crippen LogP contribution < -0.4 is 29.7 Å². The van der Waals surface area contributed by atoms with E-state index in [1.54, 1.807) is 18.2 Å². The summed E-state index contributed by atoms with van der Waals surface area (Å²) in [6, 6.07) is 4.94. The van der Waals surface area contributed by atoms with Crippen LogP contribution in [0, 0.1) is 0 Å². The van der Waals surface area contributed by atoms with Crippen LogP contribution in [0.5, 0.6) is 0 Å². The van der Waals surface area contributed by atoms with Crippen LogP contribution in [-0.4, -0.2) is 11.8 Å². The number of nitrogen functional groups attached to an aromatic ring is 1. The molecule has 0 amide bonds. The number of aliphatic carboxylic acids is 1. The van der Waals surface area contributed by atoms with Gasteiger partial charge in [0, 0.05) is 17.2 Å². The van der Waals surface area contributed by atoms with Gasteiger partial charge in [-0.2, -0.15) is 0 Å². The van der Waals surface area contributed by atoms with Crippen molar-refractivity contribution in [2.24, 2.45) is 0 Å². The molecule has 2 N–H and O–H groups in total. The third kappa shape index (κ3) is 4.09. The first kappa shape index (κ1) is 14.8. The molecule has 4 nitrogen and oxygen atoms in total. The molecule has 0 aliphatic carbocycles. The summed E-state index contributed by atoms with van der Waals surface area (Å²) in [7, 11) is 0. The van der Waals surface area contributed by atoms with E-state index in [1.165, 1.54) is 6.92 Å². The molecule has 1 aromatic rings. The molecule has 1 rings (SSSR count). The molecule has 0 unspecified atom stereocenters. The first-order valence-electron chi connectivity index (χ1n) is 4.60. The van der Waals surface area contributed by atoms with Crippen molar-refractivity contribution in [2.75, 3.05) is 5.73 Å². The van der Waals surface area contributed by atoms with Crippen LogP contribution in [0.2, 0.25) is 0 Å². The summed E-state index contributed by atoms with van der Waals surface area (Å²) in [6.07, 6.45) is 0.323. The van der Waals surface area contributed by atoms with Gasteiger partial charge in [-0.05, 0) is 37.5 Å². The van der Waals surface area contributed by atoms with Crippen molar-refractivity contribution in [3.8, 4) is 0 Å². The van der Waals surface area contributed by atoms with Gasteiger partial charge in [-0.3, -0.25) is 4.79 Å². The molecule has 0 atom stereocenters. The molecule has 16 heavy (non-hydrogen) atoms. The van der Waals surface area contributed by atoms with Gasteiger partial charge in [0.15, 0.2) is 5.78 Å². The Morgan fingerprint density at radius 2 is 2.00 bits per heavy atom. The molecule has 0 bridgehead atoms. The third-order valence-corrected chi connectivity index (χ3v) is 2.11. The fourth-order valence-electron chi connectivity index (χ4n) is 1.33. The zero-order chi connectivity index (χ0) is 11.4. The minimum atomic E-state index is -1.09. The Kier molecular flexibility index (Phi) is 5.87. The van der Waals surface area contributed by atoms with E-state index in [-0.39, 0.29) is 31.1 Å². The number of carboxylic acids is 1. The number of ketones is 1. The monoisotopic (exact) mass is 213 g/mol. The Labute approximate surface area is 106 Å². The average Bonchev–Trinajstić information content (AvgIpc) is 2.14. The van der Waals surface area contributed by atoms with E-state index < -0.39 is 5.97 Å². The molecular formula is C11H12LiNO3. The number of carbonyl (C=O) groups excluding carboxylic acids is 2. The standard InChI is InChI=1S/C11H13NO3.Li/c1-7(13)9-4-2-8(6-10(9)12)3-5-11(14)15;/h2,4,6H,3,5,12H2,1H3,(H,14,15);/q;+1/p-1. The number of benzene rings is 1. The van der Waals surface area contributed by atoms with Crippen molar-refractivity contribution in [1.29, 1.82) is 0 Å². The van der Waals surface area contributed by atoms with E-state index in [0.717, 1.165) is 5.56 Å². The predicted molar refractivity (Wildman–Crippen MR) is 54.2 cm³/mol. The van der Waals surface area contributed by atoms with Crippen molar-refractivity contribution in [3.63, 3.8) is 0 Å². The minimum Gasteiger partial charge on any atom is -0.550 e. The van der Waals surface area contributed by atoms with Gasteiger partial charge in [0.2, 0.25) is 0 Å². The Bertz CT molecular complexity index is 404. The maximum absolute atomic E-state index is 11.1. The SMILES string of the molecule is CC(=O)c1ccc(CCC(=O)[O-])cc1N.[Li+]. The van der Waals surface area contributed by atoms with Gasteiger partial charge in [0.05, 0.1) is 0 Å². The van der Waals surface area contributed by atoms with Crippen LogP contribution in [0.25, 0.3) is 0 Å². The van der Waals surface area contributed by atoms with Gasteiger partial charge >= 0.3 is 18.9 Å². The van der Waals surface area contributed by atoms with Gasteiger partial charge in [-0.1, -0.05) is 6.07 Å². The summed E-state index contributed by atoms with van der Waals surface area (Å²) in [5.74, 6) is -1.19. The molecule has 0 aliphatic rings. The Balaban J connectivity index is 0.00000225. The Morgan fingerprint density at radius 3 is 2.44 bits per heavy atom. The quantitative estimate of drug-likeness (QED) is 0.332. The number of hydrogen-bond donors (Lipinski definition) is 1. The van der Waals surface area contributed by atoms with Crippen LogP contribution >= 0.6 is 0 Å². The smallest absolute Gasteiger partial charge is 0.550 e. The second kappa shape index (κ2) is 6.36. The molecular weight excluding hydrogens is 201 g/mol. The summed E-state index contributed by atoms with van der Waals surface area (Å²) < 4.78 is 0. The Hall–Kier alpha value is -1.24. The van der Waals surface area contributed by atoms with Gasteiger partial charge in [-0.15, -0.1) is 0 Å². The number of carbonyl (C=O) groups is 2. The molecule has 0 fully saturated rings. The van der Waals surface area contributed by atoms with Gasteiger partial charge in [-0.25, -0.2) is 0 Å². The minimum absolute atomic E-state index is 0. The van der Waals surface area contributed by atoms with Gasteiger partial charge in [0.1, 0.15) is 0 Å². The molecule has 0 aliphatic heterocycles. The van der Waals surface area contributed by atoms with E-state index in [4.69, 9.17) is 5.73 Å². The van der Waals surface area contributed by atoms with Crippen molar-refractivity contribution >= 4 is 17.4 Å². The zero-order valence-corrected chi connectivity index (χ0v) is 9.45. The third-order valence-electron chi connectivity index (χ3n) is 2.11. The molecule has 0 spiro atoms. The summed E-state index contributed by atoms with van der Waals surface area (Å²) in [5.41, 5.74) is 7.29. The number of aryl methyl sites for hydroxylation is 1. The summed E-state index contributed by atoms with van der Waals surface area (Å²) in [5, 5.41) is 10.2. The number of nitrogens with two attached hydrogens (primary N) is 1. The van der Waals surface area contributed by atoms with Crippen LogP contribution in [0.3, 0.4) is 0 Å². The maximum atomic E-state index is 11.1. The van der Waals surface area contributed by atoms with Crippen molar-refractivity contribution < 1.29 is 33.6 Å². The summed E-state index contributed by atoms with van der Waals surface area (Å²) in [4.78, 5) is 21.3. The predicted octanol–water partition coefficient (Wildman–Crippen LogP) is -2.84. The fourth-order valence-corrected chi connectivity index (χ4v) is 1.33. The van der Waals surface area contributed by atoms with E-state index in [1.807, 2.05) is 0 Å². The van der Waals surface area contributed by atoms with Gasteiger partial charge in [0.25, 0.3) is 0 Å². The first-order valence-corrected chi connectivity index (χ1v) is 4.60. The zero-order valence-electron chi connectivity index (χ0n) is 9.45. The molecule has 1 aromatic carbocycles. The molecule has 0 aromatic heterocycles. The number of anilines is 1. The first-order chi connectivity index (χ1) is 7.00. The van der Waals surface area contributed by atoms with Gasteiger partial charge < -0.3 is 15.6 Å². The normalized spacial score (nSPS) is 9.31. The number of carboxylic acid groups (broad SMARTS) is 1. The fraction of sp³-hybridized carbons (Fsp3) is 0.273. The second-order valence-corrected chi connectivity index (χ2v) is 3.35. The molecule has 0 heterocycles. The Morgan fingerprint density at radius 1 is 1.38 bits per heavy atom. The second-order valence-electron chi connectivity index (χ2n) is 3.35. The largest absolute Gasteiger partial charge is 1.00 e. The van der Waals surface area contributed by atoms with Crippen molar-refractivity contribution in [3.05, 3.63) is 29.3 Å². The van der Waals surface area contributed by atoms with Crippen LogP contribution in [0.1, 0.15) is 29.3 Å². The molecule has 5 heteroatoms. The van der Waals surface area contributed by atoms with E-state index in [2.05, 4.69) is 0 Å². The van der Waals surface area contributed by atoms with E-state index in [9.17, 15) is 14.7 Å². The molecule has 0 saturated heterocycles. The molecule has 80 valence electrons. The number of Topliss-reactive ketones (excluding diaryl/α,β-unsaturated/α-hetero) is 1. The topological polar surface area (TPSA) is 83.2 Å². The summed E-state index contributed by atoms with van der Waals surface area (Å²) >= 11 is 0. The van der Waals surface area contributed by atoms with Crippen LogP contribution in [-0.2, 0) is 11.2 Å². The van der Waals surface area contributed by atoms with Crippen molar-refractivity contribution in [2.45, 2.75) is 19.8 Å². The average molecular weight is 213 g/mol. The van der Waals surface area contributed by atoms with E-state index >= 15 is 0 Å². The maximum Gasteiger partial charge on any atom is 1.00 e. The van der Waals surface area contributed by atoms with Crippen LogP contribution in [0.4, 0.5) is 5.69 Å². The number of rotatable bonds is 4. The van der Waals surface area contributed by atoms with Crippen LogP contribution in [0.15, 0.2) is 18.2 Å².